The molecule has 6 nitrogen and oxygen atoms in total. The lowest BCUT2D eigenvalue weighted by molar-refractivity contribution is -0.144. The molecule has 1 aromatic heterocycles. The zero-order valence-electron chi connectivity index (χ0n) is 14.8. The molecule has 0 radical (unpaired) electrons. The number of carboxylic acids is 1. The number of Topliss-reactive ketones (excluding diaryl/α,β-unsaturated/α-hetero) is 1. The minimum Gasteiger partial charge on any atom is -0.480 e. The van der Waals surface area contributed by atoms with E-state index in [0.717, 1.165) is 25.2 Å². The molecule has 1 fully saturated rings. The molecule has 1 saturated heterocycles. The van der Waals surface area contributed by atoms with Gasteiger partial charge in [-0.25, -0.2) is 0 Å². The van der Waals surface area contributed by atoms with Gasteiger partial charge in [-0.2, -0.15) is 0 Å². The first-order valence-electron chi connectivity index (χ1n) is 8.73. The van der Waals surface area contributed by atoms with Crippen molar-refractivity contribution in [3.63, 3.8) is 0 Å². The van der Waals surface area contributed by atoms with Crippen molar-refractivity contribution in [2.24, 2.45) is 0 Å². The molecule has 0 bridgehead atoms. The standard InChI is InChI=1S/C20H23N3O3/c1-15(24)17-5-2-6-18(12-17)19(20(25)26)23-10-8-22(9-11-23)14-16-4-3-7-21-13-16/h2-7,12-13,19H,8-11,14H2,1H3,(H,25,26)/t19-/m0/s1. The van der Waals surface area contributed by atoms with Crippen molar-refractivity contribution in [1.82, 2.24) is 14.8 Å². The number of aliphatic carboxylic acids is 1. The van der Waals surface area contributed by atoms with Crippen LogP contribution in [0, 0.1) is 0 Å². The van der Waals surface area contributed by atoms with Crippen LogP contribution in [0.1, 0.15) is 34.5 Å². The van der Waals surface area contributed by atoms with Crippen molar-refractivity contribution in [2.75, 3.05) is 26.2 Å². The van der Waals surface area contributed by atoms with Gasteiger partial charge in [0, 0.05) is 50.7 Å². The Morgan fingerprint density at radius 3 is 2.54 bits per heavy atom. The number of ketones is 1. The average molecular weight is 353 g/mol. The summed E-state index contributed by atoms with van der Waals surface area (Å²) in [6.45, 7) is 5.24. The fourth-order valence-corrected chi connectivity index (χ4v) is 3.37. The number of aromatic nitrogens is 1. The number of rotatable bonds is 6. The predicted molar refractivity (Wildman–Crippen MR) is 97.9 cm³/mol. The van der Waals surface area contributed by atoms with Crippen molar-refractivity contribution in [2.45, 2.75) is 19.5 Å². The Hall–Kier alpha value is -2.57. The van der Waals surface area contributed by atoms with Crippen LogP contribution in [0.15, 0.2) is 48.8 Å². The van der Waals surface area contributed by atoms with Crippen LogP contribution in [0.25, 0.3) is 0 Å². The Kier molecular flexibility index (Phi) is 5.75. The second-order valence-electron chi connectivity index (χ2n) is 6.60. The second kappa shape index (κ2) is 8.21. The number of hydrogen-bond donors (Lipinski definition) is 1. The first-order chi connectivity index (χ1) is 12.5. The maximum Gasteiger partial charge on any atom is 0.325 e. The SMILES string of the molecule is CC(=O)c1cccc([C@@H](C(=O)O)N2CCN(Cc3cccnc3)CC2)c1. The number of piperazine rings is 1. The van der Waals surface area contributed by atoms with Crippen LogP contribution in [0.3, 0.4) is 0 Å². The predicted octanol–water partition coefficient (Wildman–Crippen LogP) is 2.23. The summed E-state index contributed by atoms with van der Waals surface area (Å²) in [6, 6.07) is 10.2. The van der Waals surface area contributed by atoms with E-state index in [9.17, 15) is 14.7 Å². The molecular weight excluding hydrogens is 330 g/mol. The lowest BCUT2D eigenvalue weighted by Gasteiger charge is -2.37. The molecule has 3 rings (SSSR count). The van der Waals surface area contributed by atoms with Crippen LogP contribution in [0.2, 0.25) is 0 Å². The number of carboxylic acid groups (broad SMARTS) is 1. The van der Waals surface area contributed by atoms with Gasteiger partial charge in [-0.1, -0.05) is 24.3 Å². The van der Waals surface area contributed by atoms with Crippen LogP contribution in [0.5, 0.6) is 0 Å². The topological polar surface area (TPSA) is 73.7 Å². The second-order valence-corrected chi connectivity index (χ2v) is 6.60. The fraction of sp³-hybridized carbons (Fsp3) is 0.350. The van der Waals surface area contributed by atoms with Crippen LogP contribution in [0.4, 0.5) is 0 Å². The third-order valence-corrected chi connectivity index (χ3v) is 4.74. The van der Waals surface area contributed by atoms with E-state index >= 15 is 0 Å². The maximum atomic E-state index is 11.9. The molecule has 6 heteroatoms. The highest BCUT2D eigenvalue weighted by atomic mass is 16.4. The van der Waals surface area contributed by atoms with Gasteiger partial charge in [0.2, 0.25) is 0 Å². The van der Waals surface area contributed by atoms with Crippen LogP contribution in [-0.2, 0) is 11.3 Å². The van der Waals surface area contributed by atoms with Crippen LogP contribution in [-0.4, -0.2) is 57.8 Å². The van der Waals surface area contributed by atoms with Crippen molar-refractivity contribution in [3.05, 3.63) is 65.5 Å². The third-order valence-electron chi connectivity index (χ3n) is 4.74. The van der Waals surface area contributed by atoms with E-state index in [1.54, 1.807) is 30.5 Å². The molecule has 1 N–H and O–H groups in total. The molecule has 136 valence electrons. The van der Waals surface area contributed by atoms with Crippen molar-refractivity contribution in [1.29, 1.82) is 0 Å². The number of pyridine rings is 1. The minimum atomic E-state index is -0.883. The number of benzene rings is 1. The van der Waals surface area contributed by atoms with E-state index in [-0.39, 0.29) is 5.78 Å². The zero-order chi connectivity index (χ0) is 18.5. The minimum absolute atomic E-state index is 0.0581. The molecule has 1 aliphatic rings. The van der Waals surface area contributed by atoms with Crippen LogP contribution < -0.4 is 0 Å². The van der Waals surface area contributed by atoms with Crippen molar-refractivity contribution in [3.8, 4) is 0 Å². The molecule has 0 amide bonds. The van der Waals surface area contributed by atoms with Gasteiger partial charge in [-0.3, -0.25) is 24.4 Å². The number of hydrogen-bond acceptors (Lipinski definition) is 5. The normalized spacial score (nSPS) is 17.0. The summed E-state index contributed by atoms with van der Waals surface area (Å²) in [5.41, 5.74) is 2.36. The lowest BCUT2D eigenvalue weighted by atomic mass is 10.0. The molecule has 1 atom stereocenters. The monoisotopic (exact) mass is 353 g/mol. The van der Waals surface area contributed by atoms with E-state index < -0.39 is 12.0 Å². The average Bonchev–Trinajstić information content (AvgIpc) is 2.64. The fourth-order valence-electron chi connectivity index (χ4n) is 3.37. The molecule has 0 aliphatic carbocycles. The third kappa shape index (κ3) is 4.33. The van der Waals surface area contributed by atoms with Crippen molar-refractivity contribution < 1.29 is 14.7 Å². The summed E-state index contributed by atoms with van der Waals surface area (Å²) in [6.07, 6.45) is 3.62. The Bertz CT molecular complexity index is 771. The molecule has 1 aliphatic heterocycles. The summed E-state index contributed by atoms with van der Waals surface area (Å²) < 4.78 is 0. The van der Waals surface area contributed by atoms with Gasteiger partial charge in [-0.05, 0) is 30.2 Å². The number of carbonyl (C=O) groups excluding carboxylic acids is 1. The highest BCUT2D eigenvalue weighted by molar-refractivity contribution is 5.94. The molecule has 2 heterocycles. The Morgan fingerprint density at radius 2 is 1.92 bits per heavy atom. The summed E-state index contributed by atoms with van der Waals surface area (Å²) in [5, 5.41) is 9.76. The Balaban J connectivity index is 1.68. The zero-order valence-corrected chi connectivity index (χ0v) is 14.8. The summed E-state index contributed by atoms with van der Waals surface area (Å²) in [7, 11) is 0. The molecular formula is C20H23N3O3. The summed E-state index contributed by atoms with van der Waals surface area (Å²) >= 11 is 0. The highest BCUT2D eigenvalue weighted by Crippen LogP contribution is 2.24. The van der Waals surface area contributed by atoms with E-state index in [2.05, 4.69) is 9.88 Å². The quantitative estimate of drug-likeness (QED) is 0.803. The smallest absolute Gasteiger partial charge is 0.325 e. The van der Waals surface area contributed by atoms with E-state index in [4.69, 9.17) is 0 Å². The highest BCUT2D eigenvalue weighted by Gasteiger charge is 2.30. The van der Waals surface area contributed by atoms with Crippen LogP contribution >= 0.6 is 0 Å². The number of carbonyl (C=O) groups is 2. The van der Waals surface area contributed by atoms with Gasteiger partial charge in [0.05, 0.1) is 0 Å². The molecule has 2 aromatic rings. The van der Waals surface area contributed by atoms with Gasteiger partial charge in [-0.15, -0.1) is 0 Å². The van der Waals surface area contributed by atoms with Gasteiger partial charge < -0.3 is 5.11 Å². The van der Waals surface area contributed by atoms with Gasteiger partial charge >= 0.3 is 5.97 Å². The Labute approximate surface area is 153 Å². The summed E-state index contributed by atoms with van der Waals surface area (Å²) in [4.78, 5) is 31.9. The maximum absolute atomic E-state index is 11.9. The number of nitrogens with zero attached hydrogens (tertiary/aromatic N) is 3. The first-order valence-corrected chi connectivity index (χ1v) is 8.73. The Morgan fingerprint density at radius 1 is 1.15 bits per heavy atom. The van der Waals surface area contributed by atoms with Crippen molar-refractivity contribution >= 4 is 11.8 Å². The largest absolute Gasteiger partial charge is 0.480 e. The van der Waals surface area contributed by atoms with E-state index in [0.29, 0.717) is 24.2 Å². The molecule has 26 heavy (non-hydrogen) atoms. The van der Waals surface area contributed by atoms with E-state index in [1.807, 2.05) is 23.2 Å². The van der Waals surface area contributed by atoms with Gasteiger partial charge in [0.1, 0.15) is 6.04 Å². The van der Waals surface area contributed by atoms with Gasteiger partial charge in [0.15, 0.2) is 5.78 Å². The summed E-state index contributed by atoms with van der Waals surface area (Å²) in [5.74, 6) is -0.941. The van der Waals surface area contributed by atoms with E-state index in [1.165, 1.54) is 6.92 Å². The molecule has 0 saturated carbocycles. The molecule has 1 aromatic carbocycles. The lowest BCUT2D eigenvalue weighted by Crippen LogP contribution is -2.48. The first kappa shape index (κ1) is 18.2. The van der Waals surface area contributed by atoms with Gasteiger partial charge in [0.25, 0.3) is 0 Å². The molecule has 0 spiro atoms. The molecule has 0 unspecified atom stereocenters.